The summed E-state index contributed by atoms with van der Waals surface area (Å²) in [6.45, 7) is 6.91. The van der Waals surface area contributed by atoms with Gasteiger partial charge in [0.05, 0.1) is 6.10 Å². The van der Waals surface area contributed by atoms with Crippen LogP contribution in [0.3, 0.4) is 0 Å². The van der Waals surface area contributed by atoms with Crippen molar-refractivity contribution in [2.45, 2.75) is 33.4 Å². The Morgan fingerprint density at radius 1 is 1.67 bits per heavy atom. The van der Waals surface area contributed by atoms with Gasteiger partial charge in [-0.3, -0.25) is 0 Å². The molecule has 0 unspecified atom stereocenters. The zero-order chi connectivity index (χ0) is 9.14. The van der Waals surface area contributed by atoms with E-state index in [1.54, 1.807) is 0 Å². The van der Waals surface area contributed by atoms with Gasteiger partial charge in [0.2, 0.25) is 0 Å². The third-order valence-corrected chi connectivity index (χ3v) is 1.77. The van der Waals surface area contributed by atoms with Crippen molar-refractivity contribution < 1.29 is 4.74 Å². The van der Waals surface area contributed by atoms with E-state index >= 15 is 0 Å². The van der Waals surface area contributed by atoms with Gasteiger partial charge >= 0.3 is 0 Å². The number of rotatable bonds is 3. The lowest BCUT2D eigenvalue weighted by molar-refractivity contribution is 0.212. The van der Waals surface area contributed by atoms with E-state index in [1.807, 2.05) is 24.6 Å². The zero-order valence-electron chi connectivity index (χ0n) is 7.54. The normalized spacial score (nSPS) is 10.8. The summed E-state index contributed by atoms with van der Waals surface area (Å²) in [7, 11) is 0. The Morgan fingerprint density at radius 2 is 2.33 bits per heavy atom. The molecule has 0 saturated heterocycles. The van der Waals surface area contributed by atoms with Crippen LogP contribution in [0.4, 0.5) is 0 Å². The van der Waals surface area contributed by atoms with E-state index in [9.17, 15) is 0 Å². The molecule has 1 heterocycles. The molecule has 1 rings (SSSR count). The molecule has 3 nitrogen and oxygen atoms in total. The first kappa shape index (κ1) is 9.58. The number of hydrogen-bond donors (Lipinski definition) is 0. The fraction of sp³-hybridized carbons (Fsp3) is 0.625. The van der Waals surface area contributed by atoms with Gasteiger partial charge in [-0.15, -0.1) is 0 Å². The summed E-state index contributed by atoms with van der Waals surface area (Å²) in [5, 5.41) is 0. The summed E-state index contributed by atoms with van der Waals surface area (Å²) in [4.78, 5) is 4.18. The number of nitrogens with zero attached hydrogens (tertiary/aromatic N) is 2. The zero-order valence-corrected chi connectivity index (χ0v) is 9.13. The molecule has 1 aromatic rings. The maximum atomic E-state index is 5.48. The van der Waals surface area contributed by atoms with Crippen LogP contribution in [0, 0.1) is 0 Å². The van der Waals surface area contributed by atoms with Crippen molar-refractivity contribution in [3.05, 3.63) is 10.8 Å². The molecule has 0 N–H and O–H groups in total. The highest BCUT2D eigenvalue weighted by atomic mass is 79.9. The van der Waals surface area contributed by atoms with Crippen molar-refractivity contribution in [2.75, 3.05) is 0 Å². The second-order valence-corrected chi connectivity index (χ2v) is 3.61. The molecule has 0 aromatic carbocycles. The van der Waals surface area contributed by atoms with Crippen LogP contribution in [0.25, 0.3) is 0 Å². The van der Waals surface area contributed by atoms with E-state index in [1.165, 1.54) is 0 Å². The van der Waals surface area contributed by atoms with Crippen LogP contribution in [0.1, 0.15) is 20.8 Å². The minimum atomic E-state index is 0.171. The summed E-state index contributed by atoms with van der Waals surface area (Å²) in [6.07, 6.45) is 2.09. The minimum absolute atomic E-state index is 0.171. The number of aromatic nitrogens is 2. The van der Waals surface area contributed by atoms with E-state index < -0.39 is 0 Å². The number of ether oxygens (including phenoxy) is 1. The monoisotopic (exact) mass is 232 g/mol. The van der Waals surface area contributed by atoms with E-state index in [-0.39, 0.29) is 6.10 Å². The predicted molar refractivity (Wildman–Crippen MR) is 51.4 cm³/mol. The lowest BCUT2D eigenvalue weighted by Gasteiger charge is -2.09. The van der Waals surface area contributed by atoms with Crippen LogP contribution in [0.15, 0.2) is 10.8 Å². The molecule has 0 aliphatic heterocycles. The number of halogens is 1. The fourth-order valence-corrected chi connectivity index (χ4v) is 1.30. The van der Waals surface area contributed by atoms with E-state index in [2.05, 4.69) is 27.8 Å². The van der Waals surface area contributed by atoms with Crippen molar-refractivity contribution in [1.29, 1.82) is 0 Å². The Hall–Kier alpha value is -0.510. The van der Waals surface area contributed by atoms with Gasteiger partial charge in [-0.25, -0.2) is 0 Å². The summed E-state index contributed by atoms with van der Waals surface area (Å²) in [5.41, 5.74) is 0. The van der Waals surface area contributed by atoms with Crippen molar-refractivity contribution in [2.24, 2.45) is 0 Å². The van der Waals surface area contributed by atoms with Crippen LogP contribution >= 0.6 is 15.9 Å². The van der Waals surface area contributed by atoms with Gasteiger partial charge in [-0.1, -0.05) is 0 Å². The molecule has 0 atom stereocenters. The Morgan fingerprint density at radius 3 is 2.83 bits per heavy atom. The van der Waals surface area contributed by atoms with Gasteiger partial charge in [0.25, 0.3) is 6.01 Å². The number of aryl methyl sites for hydroxylation is 1. The van der Waals surface area contributed by atoms with Crippen molar-refractivity contribution in [1.82, 2.24) is 9.55 Å². The van der Waals surface area contributed by atoms with Crippen molar-refractivity contribution >= 4 is 15.9 Å². The molecule has 68 valence electrons. The second kappa shape index (κ2) is 3.94. The van der Waals surface area contributed by atoms with E-state index in [0.717, 1.165) is 11.1 Å². The standard InChI is InChI=1S/C8H13BrN2O/c1-4-11-5-7(9)10-8(11)12-6(2)3/h5-6H,4H2,1-3H3. The van der Waals surface area contributed by atoms with Crippen LogP contribution < -0.4 is 4.74 Å². The quantitative estimate of drug-likeness (QED) is 0.801. The third kappa shape index (κ3) is 2.24. The highest BCUT2D eigenvalue weighted by Crippen LogP contribution is 2.16. The molecule has 0 aliphatic carbocycles. The van der Waals surface area contributed by atoms with E-state index in [4.69, 9.17) is 4.74 Å². The molecule has 0 radical (unpaired) electrons. The van der Waals surface area contributed by atoms with Crippen molar-refractivity contribution in [3.8, 4) is 6.01 Å². The first-order chi connectivity index (χ1) is 5.63. The molecule has 0 bridgehead atoms. The molecule has 0 saturated carbocycles. The average molecular weight is 233 g/mol. The SMILES string of the molecule is CCn1cc(Br)nc1OC(C)C. The Balaban J connectivity index is 2.81. The van der Waals surface area contributed by atoms with Gasteiger partial charge in [0.15, 0.2) is 0 Å². The average Bonchev–Trinajstić information content (AvgIpc) is 2.29. The maximum absolute atomic E-state index is 5.48. The van der Waals surface area contributed by atoms with Crippen LogP contribution in [0.2, 0.25) is 0 Å². The Bertz CT molecular complexity index is 258. The summed E-state index contributed by atoms with van der Waals surface area (Å²) < 4.78 is 8.26. The van der Waals surface area contributed by atoms with E-state index in [0.29, 0.717) is 6.01 Å². The molecule has 12 heavy (non-hydrogen) atoms. The largest absolute Gasteiger partial charge is 0.462 e. The number of hydrogen-bond acceptors (Lipinski definition) is 2. The van der Waals surface area contributed by atoms with Gasteiger partial charge < -0.3 is 9.30 Å². The predicted octanol–water partition coefficient (Wildman–Crippen LogP) is 2.45. The minimum Gasteiger partial charge on any atom is -0.462 e. The van der Waals surface area contributed by atoms with Crippen LogP contribution in [-0.2, 0) is 6.54 Å². The first-order valence-corrected chi connectivity index (χ1v) is 4.82. The highest BCUT2D eigenvalue weighted by Gasteiger charge is 2.06. The van der Waals surface area contributed by atoms with Crippen molar-refractivity contribution in [3.63, 3.8) is 0 Å². The molecular formula is C8H13BrN2O. The smallest absolute Gasteiger partial charge is 0.297 e. The lowest BCUT2D eigenvalue weighted by atomic mass is 10.5. The lowest BCUT2D eigenvalue weighted by Crippen LogP contribution is -2.10. The van der Waals surface area contributed by atoms with Gasteiger partial charge in [0.1, 0.15) is 4.60 Å². The molecule has 0 spiro atoms. The molecular weight excluding hydrogens is 220 g/mol. The summed E-state index contributed by atoms with van der Waals surface area (Å²) >= 11 is 3.30. The first-order valence-electron chi connectivity index (χ1n) is 4.02. The second-order valence-electron chi connectivity index (χ2n) is 2.80. The number of imidazole rings is 1. The molecule has 0 aliphatic rings. The molecule has 1 aromatic heterocycles. The van der Waals surface area contributed by atoms with Gasteiger partial charge in [-0.2, -0.15) is 4.98 Å². The van der Waals surface area contributed by atoms with Gasteiger partial charge in [-0.05, 0) is 36.7 Å². The maximum Gasteiger partial charge on any atom is 0.297 e. The summed E-state index contributed by atoms with van der Waals surface area (Å²) in [5.74, 6) is 0. The molecule has 0 amide bonds. The topological polar surface area (TPSA) is 27.1 Å². The Labute approximate surface area is 80.9 Å². The van der Waals surface area contributed by atoms with Crippen LogP contribution in [0.5, 0.6) is 6.01 Å². The van der Waals surface area contributed by atoms with Gasteiger partial charge in [0, 0.05) is 12.7 Å². The fourth-order valence-electron chi connectivity index (χ4n) is 0.900. The molecule has 4 heteroatoms. The molecule has 0 fully saturated rings. The van der Waals surface area contributed by atoms with Crippen LogP contribution in [-0.4, -0.2) is 15.7 Å². The Kier molecular flexibility index (Phi) is 3.14. The third-order valence-electron chi connectivity index (χ3n) is 1.39. The highest BCUT2D eigenvalue weighted by molar-refractivity contribution is 9.10. The summed E-state index contributed by atoms with van der Waals surface area (Å²) in [6, 6.07) is 0.680.